The lowest BCUT2D eigenvalue weighted by atomic mass is 9.99. The lowest BCUT2D eigenvalue weighted by Crippen LogP contribution is -2.61. The Kier molecular flexibility index (Phi) is 4.62. The van der Waals surface area contributed by atoms with Gasteiger partial charge in [0.1, 0.15) is 24.1 Å². The van der Waals surface area contributed by atoms with Crippen molar-refractivity contribution in [2.75, 3.05) is 0 Å². The molecule has 5 N–H and O–H groups in total. The predicted molar refractivity (Wildman–Crippen MR) is 68.3 cm³/mol. The van der Waals surface area contributed by atoms with Crippen LogP contribution in [0, 0.1) is 0 Å². The number of aromatic carboxylic acids is 1. The molecule has 0 saturated carbocycles. The van der Waals surface area contributed by atoms with Gasteiger partial charge in [-0.05, 0) is 24.3 Å². The zero-order valence-electron chi connectivity index (χ0n) is 11.1. The lowest BCUT2D eigenvalue weighted by Gasteiger charge is -2.38. The Hall–Kier alpha value is -2.20. The molecule has 1 fully saturated rings. The average Bonchev–Trinajstić information content (AvgIpc) is 2.48. The van der Waals surface area contributed by atoms with E-state index in [1.807, 2.05) is 0 Å². The number of aliphatic hydroxyl groups is 3. The topological polar surface area (TPSA) is 154 Å². The van der Waals surface area contributed by atoms with Gasteiger partial charge < -0.3 is 35.0 Å². The molecule has 9 heteroatoms. The summed E-state index contributed by atoms with van der Waals surface area (Å²) in [4.78, 5) is 21.7. The summed E-state index contributed by atoms with van der Waals surface area (Å²) in [6.45, 7) is 0. The number of aliphatic hydroxyl groups excluding tert-OH is 3. The molecule has 2 rings (SSSR count). The van der Waals surface area contributed by atoms with Gasteiger partial charge in [-0.25, -0.2) is 9.59 Å². The molecule has 0 radical (unpaired) electrons. The molecule has 0 amide bonds. The third kappa shape index (κ3) is 3.17. The van der Waals surface area contributed by atoms with Crippen LogP contribution in [0.15, 0.2) is 24.3 Å². The van der Waals surface area contributed by atoms with Gasteiger partial charge in [0.15, 0.2) is 6.10 Å². The van der Waals surface area contributed by atoms with E-state index < -0.39 is 42.6 Å². The first kappa shape index (κ1) is 16.2. The molecular weight excluding hydrogens is 300 g/mol. The number of benzene rings is 1. The Morgan fingerprint density at radius 3 is 2.05 bits per heavy atom. The van der Waals surface area contributed by atoms with Crippen molar-refractivity contribution >= 4 is 11.9 Å². The number of hydrogen-bond acceptors (Lipinski definition) is 7. The maximum Gasteiger partial charge on any atom is 0.335 e. The van der Waals surface area contributed by atoms with Gasteiger partial charge in [0.25, 0.3) is 0 Å². The number of hydrogen-bond donors (Lipinski definition) is 5. The maximum atomic E-state index is 10.9. The second-order valence-electron chi connectivity index (χ2n) is 4.68. The van der Waals surface area contributed by atoms with Crippen LogP contribution >= 0.6 is 0 Å². The molecule has 0 bridgehead atoms. The van der Waals surface area contributed by atoms with Crippen LogP contribution in [0.2, 0.25) is 0 Å². The van der Waals surface area contributed by atoms with Crippen LogP contribution in [0.4, 0.5) is 0 Å². The minimum atomic E-state index is -1.80. The Morgan fingerprint density at radius 1 is 0.955 bits per heavy atom. The molecule has 1 saturated heterocycles. The highest BCUT2D eigenvalue weighted by molar-refractivity contribution is 5.87. The molecule has 1 heterocycles. The average molecular weight is 314 g/mol. The largest absolute Gasteiger partial charge is 0.479 e. The molecular formula is C13H14O9. The van der Waals surface area contributed by atoms with Gasteiger partial charge in [-0.2, -0.15) is 0 Å². The van der Waals surface area contributed by atoms with Crippen LogP contribution in [0.3, 0.4) is 0 Å². The highest BCUT2D eigenvalue weighted by Gasteiger charge is 2.48. The van der Waals surface area contributed by atoms with Crippen molar-refractivity contribution < 1.29 is 44.6 Å². The third-order valence-electron chi connectivity index (χ3n) is 3.17. The molecule has 1 aliphatic rings. The van der Waals surface area contributed by atoms with E-state index in [1.54, 1.807) is 0 Å². The molecule has 0 aliphatic carbocycles. The van der Waals surface area contributed by atoms with Crippen LogP contribution in [0.25, 0.3) is 0 Å². The number of aliphatic carboxylic acids is 1. The van der Waals surface area contributed by atoms with E-state index >= 15 is 0 Å². The molecule has 22 heavy (non-hydrogen) atoms. The smallest absolute Gasteiger partial charge is 0.335 e. The van der Waals surface area contributed by atoms with E-state index in [4.69, 9.17) is 19.7 Å². The van der Waals surface area contributed by atoms with Gasteiger partial charge in [0.2, 0.25) is 6.29 Å². The molecule has 120 valence electrons. The SMILES string of the molecule is O=C(O)c1ccc(OC2O[C@H](C(=O)O)[C@@H](O)[C@H](O)[C@H]2O)cc1. The van der Waals surface area contributed by atoms with Gasteiger partial charge >= 0.3 is 11.9 Å². The molecule has 0 spiro atoms. The van der Waals surface area contributed by atoms with Crippen molar-refractivity contribution in [1.29, 1.82) is 0 Å². The van der Waals surface area contributed by atoms with Crippen molar-refractivity contribution in [2.45, 2.75) is 30.7 Å². The summed E-state index contributed by atoms with van der Waals surface area (Å²) in [6.07, 6.45) is -8.54. The van der Waals surface area contributed by atoms with Crippen molar-refractivity contribution in [3.05, 3.63) is 29.8 Å². The molecule has 0 aromatic heterocycles. The lowest BCUT2D eigenvalue weighted by molar-refractivity contribution is -0.271. The number of rotatable bonds is 4. The summed E-state index contributed by atoms with van der Waals surface area (Å²) in [5.74, 6) is -2.56. The normalized spacial score (nSPS) is 31.5. The van der Waals surface area contributed by atoms with E-state index in [-0.39, 0.29) is 11.3 Å². The van der Waals surface area contributed by atoms with E-state index in [0.29, 0.717) is 0 Å². The third-order valence-corrected chi connectivity index (χ3v) is 3.17. The van der Waals surface area contributed by atoms with Crippen LogP contribution in [-0.4, -0.2) is 68.2 Å². The van der Waals surface area contributed by atoms with Crippen LogP contribution < -0.4 is 4.74 Å². The van der Waals surface area contributed by atoms with Crippen molar-refractivity contribution in [1.82, 2.24) is 0 Å². The first-order valence-electron chi connectivity index (χ1n) is 6.23. The molecule has 5 atom stereocenters. The summed E-state index contributed by atoms with van der Waals surface area (Å²) < 4.78 is 10.1. The van der Waals surface area contributed by atoms with E-state index in [0.717, 1.165) is 0 Å². The molecule has 9 nitrogen and oxygen atoms in total. The van der Waals surface area contributed by atoms with E-state index in [2.05, 4.69) is 0 Å². The highest BCUT2D eigenvalue weighted by Crippen LogP contribution is 2.24. The summed E-state index contributed by atoms with van der Waals surface area (Å²) in [5.41, 5.74) is 0.0105. The first-order chi connectivity index (χ1) is 10.3. The fraction of sp³-hybridized carbons (Fsp3) is 0.385. The van der Waals surface area contributed by atoms with Gasteiger partial charge in [-0.15, -0.1) is 0 Å². The Labute approximate surface area is 124 Å². The number of carboxylic acid groups (broad SMARTS) is 2. The summed E-state index contributed by atoms with van der Waals surface area (Å²) in [6, 6.07) is 5.05. The second-order valence-corrected chi connectivity index (χ2v) is 4.68. The second kappa shape index (κ2) is 6.28. The first-order valence-corrected chi connectivity index (χ1v) is 6.23. The number of ether oxygens (including phenoxy) is 2. The Balaban J connectivity index is 2.13. The zero-order valence-corrected chi connectivity index (χ0v) is 11.1. The predicted octanol–water partition coefficient (Wildman–Crippen LogP) is -1.34. The van der Waals surface area contributed by atoms with Crippen LogP contribution in [-0.2, 0) is 9.53 Å². The maximum absolute atomic E-state index is 10.9. The summed E-state index contributed by atoms with van der Waals surface area (Å²) in [7, 11) is 0. The quantitative estimate of drug-likeness (QED) is 0.454. The Morgan fingerprint density at radius 2 is 1.55 bits per heavy atom. The standard InChI is InChI=1S/C13H14O9/c14-7-8(15)10(12(19)20)22-13(9(7)16)21-6-3-1-5(2-4-6)11(17)18/h1-4,7-10,13-16H,(H,17,18)(H,19,20)/t7-,8-,9+,10-,13?/m0/s1. The molecule has 1 aromatic rings. The summed E-state index contributed by atoms with van der Waals surface area (Å²) in [5, 5.41) is 46.6. The minimum Gasteiger partial charge on any atom is -0.479 e. The van der Waals surface area contributed by atoms with Crippen LogP contribution in [0.5, 0.6) is 5.75 Å². The molecule has 1 unspecified atom stereocenters. The van der Waals surface area contributed by atoms with Crippen molar-refractivity contribution in [2.24, 2.45) is 0 Å². The number of carboxylic acids is 2. The van der Waals surface area contributed by atoms with Crippen molar-refractivity contribution in [3.8, 4) is 5.75 Å². The van der Waals surface area contributed by atoms with Crippen molar-refractivity contribution in [3.63, 3.8) is 0 Å². The van der Waals surface area contributed by atoms with E-state index in [9.17, 15) is 24.9 Å². The summed E-state index contributed by atoms with van der Waals surface area (Å²) >= 11 is 0. The highest BCUT2D eigenvalue weighted by atomic mass is 16.7. The van der Waals surface area contributed by atoms with Crippen LogP contribution in [0.1, 0.15) is 10.4 Å². The monoisotopic (exact) mass is 314 g/mol. The van der Waals surface area contributed by atoms with E-state index in [1.165, 1.54) is 24.3 Å². The van der Waals surface area contributed by atoms with Gasteiger partial charge in [-0.3, -0.25) is 0 Å². The van der Waals surface area contributed by atoms with Gasteiger partial charge in [-0.1, -0.05) is 0 Å². The Bertz CT molecular complexity index is 555. The molecule has 1 aliphatic heterocycles. The minimum absolute atomic E-state index is 0.0105. The van der Waals surface area contributed by atoms with Gasteiger partial charge in [0, 0.05) is 0 Å². The van der Waals surface area contributed by atoms with Gasteiger partial charge in [0.05, 0.1) is 5.56 Å². The fourth-order valence-corrected chi connectivity index (χ4v) is 1.96. The molecule has 1 aromatic carbocycles. The fourth-order valence-electron chi connectivity index (χ4n) is 1.96. The zero-order chi connectivity index (χ0) is 16.4. The number of carbonyl (C=O) groups is 2.